The van der Waals surface area contributed by atoms with Gasteiger partial charge in [0.1, 0.15) is 11.5 Å². The Kier molecular flexibility index (Phi) is 5.01. The van der Waals surface area contributed by atoms with E-state index in [4.69, 9.17) is 4.42 Å². The molecule has 2 rings (SSSR count). The minimum absolute atomic E-state index is 0.146. The normalized spacial score (nSPS) is 20.4. The minimum atomic E-state index is -0.459. The average Bonchev–Trinajstić information content (AvgIpc) is 2.94. The third-order valence-electron chi connectivity index (χ3n) is 3.59. The molecule has 116 valence electrons. The Bertz CT molecular complexity index is 512. The van der Waals surface area contributed by atoms with Gasteiger partial charge in [0.2, 0.25) is 5.91 Å². The summed E-state index contributed by atoms with van der Waals surface area (Å²) in [5.74, 6) is 2.83. The highest BCUT2D eigenvalue weighted by molar-refractivity contribution is 5.95. The summed E-state index contributed by atoms with van der Waals surface area (Å²) in [6, 6.07) is 3.52. The predicted octanol–water partition coefficient (Wildman–Crippen LogP) is 1.68. The number of nitrogens with zero attached hydrogens (tertiary/aromatic N) is 1. The van der Waals surface area contributed by atoms with Crippen molar-refractivity contribution in [3.63, 3.8) is 0 Å². The lowest BCUT2D eigenvalue weighted by Gasteiger charge is -2.14. The summed E-state index contributed by atoms with van der Waals surface area (Å²) < 4.78 is 5.80. The summed E-state index contributed by atoms with van der Waals surface area (Å²) >= 11 is 0. The summed E-state index contributed by atoms with van der Waals surface area (Å²) in [7, 11) is 1.82. The van der Waals surface area contributed by atoms with E-state index >= 15 is 0 Å². The highest BCUT2D eigenvalue weighted by Crippen LogP contribution is 2.47. The first-order chi connectivity index (χ1) is 9.99. The van der Waals surface area contributed by atoms with Crippen LogP contribution in [0.3, 0.4) is 0 Å². The summed E-state index contributed by atoms with van der Waals surface area (Å²) in [6.07, 6.45) is 1.19. The molecular weight excluding hydrogens is 270 g/mol. The molecule has 1 fully saturated rings. The molecule has 0 saturated heterocycles. The molecule has 1 aromatic rings. The number of furan rings is 1. The number of hydrogen-bond acceptors (Lipinski definition) is 4. The molecule has 0 bridgehead atoms. The van der Waals surface area contributed by atoms with Crippen LogP contribution >= 0.6 is 0 Å². The van der Waals surface area contributed by atoms with Gasteiger partial charge in [-0.1, -0.05) is 6.92 Å². The first-order valence-electron chi connectivity index (χ1n) is 7.34. The zero-order chi connectivity index (χ0) is 15.4. The number of likely N-dealkylation sites (N-methyl/N-ethyl adjacent to an activating group) is 1. The number of amides is 3. The van der Waals surface area contributed by atoms with Crippen molar-refractivity contribution in [2.75, 3.05) is 20.1 Å². The Balaban J connectivity index is 1.76. The van der Waals surface area contributed by atoms with Gasteiger partial charge in [-0.15, -0.1) is 0 Å². The second-order valence-corrected chi connectivity index (χ2v) is 5.70. The maximum atomic E-state index is 11.7. The molecule has 2 atom stereocenters. The number of carbonyl (C=O) groups is 2. The number of imide groups is 1. The quantitative estimate of drug-likeness (QED) is 0.837. The molecule has 6 heteroatoms. The molecule has 0 unspecified atom stereocenters. The zero-order valence-electron chi connectivity index (χ0n) is 12.8. The number of urea groups is 1. The SMILES string of the molecule is CCNC(=O)NC(=O)CN(C)Cc1ccc([C@H]2C[C@H]2C)o1. The molecule has 6 nitrogen and oxygen atoms in total. The van der Waals surface area contributed by atoms with Crippen molar-refractivity contribution in [2.24, 2.45) is 5.92 Å². The van der Waals surface area contributed by atoms with Crippen LogP contribution in [-0.4, -0.2) is 37.0 Å². The van der Waals surface area contributed by atoms with E-state index in [1.165, 1.54) is 6.42 Å². The maximum absolute atomic E-state index is 11.7. The molecule has 1 aliphatic carbocycles. The third kappa shape index (κ3) is 4.60. The lowest BCUT2D eigenvalue weighted by molar-refractivity contribution is -0.121. The van der Waals surface area contributed by atoms with Gasteiger partial charge in [0.15, 0.2) is 0 Å². The Hall–Kier alpha value is -1.82. The van der Waals surface area contributed by atoms with E-state index in [0.29, 0.717) is 24.9 Å². The smallest absolute Gasteiger partial charge is 0.321 e. The van der Waals surface area contributed by atoms with Gasteiger partial charge in [-0.2, -0.15) is 0 Å². The second kappa shape index (κ2) is 6.76. The van der Waals surface area contributed by atoms with Crippen LogP contribution < -0.4 is 10.6 Å². The van der Waals surface area contributed by atoms with E-state index < -0.39 is 6.03 Å². The summed E-state index contributed by atoms with van der Waals surface area (Å²) in [5, 5.41) is 4.79. The first-order valence-corrected chi connectivity index (χ1v) is 7.34. The molecule has 0 aliphatic heterocycles. The molecule has 0 radical (unpaired) electrons. The van der Waals surface area contributed by atoms with Crippen LogP contribution in [0.1, 0.15) is 37.7 Å². The monoisotopic (exact) mass is 293 g/mol. The molecule has 1 aliphatic rings. The molecule has 3 amide bonds. The average molecular weight is 293 g/mol. The van der Waals surface area contributed by atoms with Crippen molar-refractivity contribution >= 4 is 11.9 Å². The molecule has 1 saturated carbocycles. The van der Waals surface area contributed by atoms with E-state index in [1.807, 2.05) is 24.1 Å². The van der Waals surface area contributed by atoms with E-state index in [0.717, 1.165) is 11.5 Å². The Morgan fingerprint density at radius 2 is 2.14 bits per heavy atom. The lowest BCUT2D eigenvalue weighted by Crippen LogP contribution is -2.43. The lowest BCUT2D eigenvalue weighted by atomic mass is 10.3. The van der Waals surface area contributed by atoms with Gasteiger partial charge >= 0.3 is 6.03 Å². The number of nitrogens with one attached hydrogen (secondary N) is 2. The highest BCUT2D eigenvalue weighted by Gasteiger charge is 2.36. The second-order valence-electron chi connectivity index (χ2n) is 5.70. The topological polar surface area (TPSA) is 74.6 Å². The third-order valence-corrected chi connectivity index (χ3v) is 3.59. The van der Waals surface area contributed by atoms with Gasteiger partial charge in [0, 0.05) is 12.5 Å². The van der Waals surface area contributed by atoms with Gasteiger partial charge in [0.05, 0.1) is 13.1 Å². The molecule has 1 aromatic heterocycles. The van der Waals surface area contributed by atoms with Crippen molar-refractivity contribution in [1.29, 1.82) is 0 Å². The van der Waals surface area contributed by atoms with Crippen LogP contribution in [0.25, 0.3) is 0 Å². The molecule has 1 heterocycles. The van der Waals surface area contributed by atoms with Gasteiger partial charge in [0.25, 0.3) is 0 Å². The van der Waals surface area contributed by atoms with Gasteiger partial charge in [-0.3, -0.25) is 15.0 Å². The van der Waals surface area contributed by atoms with E-state index in [-0.39, 0.29) is 12.5 Å². The molecule has 21 heavy (non-hydrogen) atoms. The van der Waals surface area contributed by atoms with Crippen LogP contribution in [0, 0.1) is 5.92 Å². The van der Waals surface area contributed by atoms with Crippen molar-refractivity contribution < 1.29 is 14.0 Å². The van der Waals surface area contributed by atoms with Gasteiger partial charge in [-0.05, 0) is 38.4 Å². The van der Waals surface area contributed by atoms with Gasteiger partial charge < -0.3 is 9.73 Å². The summed E-state index contributed by atoms with van der Waals surface area (Å²) in [6.45, 7) is 5.19. The Labute approximate surface area is 124 Å². The standard InChI is InChI=1S/C15H23N3O3/c1-4-16-15(20)17-14(19)9-18(3)8-11-5-6-13(21-11)12-7-10(12)2/h5-6,10,12H,4,7-9H2,1-3H3,(H2,16,17,19,20)/t10-,12+/m1/s1. The van der Waals surface area contributed by atoms with Crippen LogP contribution in [0.2, 0.25) is 0 Å². The fourth-order valence-corrected chi connectivity index (χ4v) is 2.34. The molecular formula is C15H23N3O3. The Morgan fingerprint density at radius 3 is 2.76 bits per heavy atom. The fraction of sp³-hybridized carbons (Fsp3) is 0.600. The largest absolute Gasteiger partial charge is 0.464 e. The van der Waals surface area contributed by atoms with E-state index in [9.17, 15) is 9.59 Å². The van der Waals surface area contributed by atoms with Crippen LogP contribution in [0.15, 0.2) is 16.5 Å². The minimum Gasteiger partial charge on any atom is -0.464 e. The van der Waals surface area contributed by atoms with Crippen molar-refractivity contribution in [1.82, 2.24) is 15.5 Å². The highest BCUT2D eigenvalue weighted by atomic mass is 16.3. The summed E-state index contributed by atoms with van der Waals surface area (Å²) in [5.41, 5.74) is 0. The van der Waals surface area contributed by atoms with E-state index in [1.54, 1.807) is 6.92 Å². The van der Waals surface area contributed by atoms with Crippen molar-refractivity contribution in [3.05, 3.63) is 23.7 Å². The number of hydrogen-bond donors (Lipinski definition) is 2. The van der Waals surface area contributed by atoms with Crippen LogP contribution in [0.5, 0.6) is 0 Å². The fourth-order valence-electron chi connectivity index (χ4n) is 2.34. The summed E-state index contributed by atoms with van der Waals surface area (Å²) in [4.78, 5) is 24.7. The van der Waals surface area contributed by atoms with Crippen molar-refractivity contribution in [2.45, 2.75) is 32.7 Å². The first kappa shape index (κ1) is 15.6. The maximum Gasteiger partial charge on any atom is 0.321 e. The molecule has 0 spiro atoms. The predicted molar refractivity (Wildman–Crippen MR) is 78.8 cm³/mol. The number of rotatable bonds is 6. The number of carbonyl (C=O) groups excluding carboxylic acids is 2. The zero-order valence-corrected chi connectivity index (χ0v) is 12.8. The molecule has 2 N–H and O–H groups in total. The Morgan fingerprint density at radius 1 is 1.43 bits per heavy atom. The van der Waals surface area contributed by atoms with Gasteiger partial charge in [-0.25, -0.2) is 4.79 Å². The van der Waals surface area contributed by atoms with Crippen molar-refractivity contribution in [3.8, 4) is 0 Å². The van der Waals surface area contributed by atoms with Crippen LogP contribution in [0.4, 0.5) is 4.79 Å². The van der Waals surface area contributed by atoms with Crippen LogP contribution in [-0.2, 0) is 11.3 Å². The van der Waals surface area contributed by atoms with E-state index in [2.05, 4.69) is 17.6 Å². The molecule has 0 aromatic carbocycles.